The second kappa shape index (κ2) is 10.2. The van der Waals surface area contributed by atoms with Crippen molar-refractivity contribution in [2.45, 2.75) is 45.3 Å². The number of hydrogen-bond acceptors (Lipinski definition) is 7. The summed E-state index contributed by atoms with van der Waals surface area (Å²) in [5, 5.41) is 3.38. The van der Waals surface area contributed by atoms with Gasteiger partial charge in [-0.2, -0.15) is 0 Å². The van der Waals surface area contributed by atoms with Gasteiger partial charge in [0.25, 0.3) is 0 Å². The normalized spacial score (nSPS) is 14.3. The van der Waals surface area contributed by atoms with E-state index in [1.54, 1.807) is 0 Å². The molecule has 0 unspecified atom stereocenters. The maximum atomic E-state index is 12.3. The first-order valence-corrected chi connectivity index (χ1v) is 12.0. The average Bonchev–Trinajstić information content (AvgIpc) is 2.87. The zero-order chi connectivity index (χ0) is 24.2. The standard InChI is InChI=1S/C27H28N2O6/c30-23(10-11-28-27(32)34-16-18-6-2-1-3-7-18)33-17-20-15-24(31)35-26-21-9-5-13-29-12-4-8-19(25(21)29)14-22(20)26/h1-3,6-7,14-15H,4-5,8-13,16-17H2,(H,28,32). The maximum absolute atomic E-state index is 12.3. The molecule has 0 saturated carbocycles. The lowest BCUT2D eigenvalue weighted by Crippen LogP contribution is -2.34. The van der Waals surface area contributed by atoms with Crippen molar-refractivity contribution in [3.05, 3.63) is 75.1 Å². The van der Waals surface area contributed by atoms with E-state index in [1.807, 2.05) is 30.3 Å². The number of amides is 1. The Balaban J connectivity index is 1.20. The number of anilines is 1. The summed E-state index contributed by atoms with van der Waals surface area (Å²) < 4.78 is 16.2. The van der Waals surface area contributed by atoms with Crippen LogP contribution in [0.4, 0.5) is 10.5 Å². The Morgan fingerprint density at radius 1 is 1.00 bits per heavy atom. The molecule has 3 heterocycles. The fourth-order valence-corrected chi connectivity index (χ4v) is 4.93. The van der Waals surface area contributed by atoms with Gasteiger partial charge in [0.15, 0.2) is 0 Å². The number of benzene rings is 2. The molecule has 182 valence electrons. The van der Waals surface area contributed by atoms with Crippen molar-refractivity contribution >= 4 is 28.7 Å². The van der Waals surface area contributed by atoms with Gasteiger partial charge < -0.3 is 24.1 Å². The van der Waals surface area contributed by atoms with Gasteiger partial charge in [0.1, 0.15) is 18.8 Å². The minimum absolute atomic E-state index is 0.00455. The van der Waals surface area contributed by atoms with Crippen molar-refractivity contribution in [2.75, 3.05) is 24.5 Å². The van der Waals surface area contributed by atoms with Gasteiger partial charge in [0.2, 0.25) is 0 Å². The Morgan fingerprint density at radius 2 is 1.80 bits per heavy atom. The molecule has 8 nitrogen and oxygen atoms in total. The third-order valence-electron chi connectivity index (χ3n) is 6.51. The van der Waals surface area contributed by atoms with Gasteiger partial charge in [0, 0.05) is 47.9 Å². The van der Waals surface area contributed by atoms with Crippen LogP contribution in [0.15, 0.2) is 51.7 Å². The first kappa shape index (κ1) is 23.0. The maximum Gasteiger partial charge on any atom is 0.407 e. The zero-order valence-corrected chi connectivity index (χ0v) is 19.5. The van der Waals surface area contributed by atoms with Crippen LogP contribution < -0.4 is 15.8 Å². The molecule has 0 bridgehead atoms. The molecule has 0 fully saturated rings. The average molecular weight is 477 g/mol. The van der Waals surface area contributed by atoms with Crippen molar-refractivity contribution < 1.29 is 23.5 Å². The Hall–Kier alpha value is -3.81. The molecule has 0 spiro atoms. The molecule has 2 aliphatic heterocycles. The number of esters is 1. The second-order valence-electron chi connectivity index (χ2n) is 8.92. The van der Waals surface area contributed by atoms with Crippen LogP contribution in [0.5, 0.6) is 0 Å². The van der Waals surface area contributed by atoms with E-state index in [4.69, 9.17) is 13.9 Å². The van der Waals surface area contributed by atoms with Crippen LogP contribution in [-0.2, 0) is 40.3 Å². The molecular weight excluding hydrogens is 448 g/mol. The first-order chi connectivity index (χ1) is 17.1. The van der Waals surface area contributed by atoms with Crippen molar-refractivity contribution in [1.82, 2.24) is 5.32 Å². The van der Waals surface area contributed by atoms with Gasteiger partial charge in [0.05, 0.1) is 6.42 Å². The van der Waals surface area contributed by atoms with Gasteiger partial charge in [-0.05, 0) is 42.9 Å². The van der Waals surface area contributed by atoms with Gasteiger partial charge in [-0.1, -0.05) is 30.3 Å². The number of rotatable bonds is 7. The van der Waals surface area contributed by atoms with E-state index >= 15 is 0 Å². The van der Waals surface area contributed by atoms with E-state index in [9.17, 15) is 14.4 Å². The molecule has 35 heavy (non-hydrogen) atoms. The van der Waals surface area contributed by atoms with E-state index in [-0.39, 0.29) is 26.2 Å². The summed E-state index contributed by atoms with van der Waals surface area (Å²) in [7, 11) is 0. The predicted molar refractivity (Wildman–Crippen MR) is 130 cm³/mol. The number of alkyl carbamates (subject to hydrolysis) is 1. The molecule has 8 heteroatoms. The minimum Gasteiger partial charge on any atom is -0.461 e. The highest BCUT2D eigenvalue weighted by molar-refractivity contribution is 5.90. The lowest BCUT2D eigenvalue weighted by atomic mass is 9.89. The van der Waals surface area contributed by atoms with E-state index in [0.29, 0.717) is 11.1 Å². The molecular formula is C27H28N2O6. The Bertz CT molecular complexity index is 1300. The van der Waals surface area contributed by atoms with Crippen LogP contribution in [0.25, 0.3) is 11.0 Å². The highest BCUT2D eigenvalue weighted by Crippen LogP contribution is 2.40. The number of ether oxygens (including phenoxy) is 2. The molecule has 2 aromatic carbocycles. The number of aryl methyl sites for hydroxylation is 2. The minimum atomic E-state index is -0.596. The molecule has 1 amide bonds. The molecule has 1 aromatic heterocycles. The highest BCUT2D eigenvalue weighted by Gasteiger charge is 2.27. The summed E-state index contributed by atoms with van der Waals surface area (Å²) >= 11 is 0. The summed E-state index contributed by atoms with van der Waals surface area (Å²) in [6, 6.07) is 12.8. The van der Waals surface area contributed by atoms with Gasteiger partial charge >= 0.3 is 17.7 Å². The van der Waals surface area contributed by atoms with E-state index in [0.717, 1.165) is 55.3 Å². The van der Waals surface area contributed by atoms with Crippen LogP contribution >= 0.6 is 0 Å². The largest absolute Gasteiger partial charge is 0.461 e. The first-order valence-electron chi connectivity index (χ1n) is 12.0. The SMILES string of the molecule is O=C(CCNC(=O)OCc1ccccc1)OCc1cc(=O)oc2c3c4c(cc12)CCCN4CCC3. The van der Waals surface area contributed by atoms with Crippen molar-refractivity contribution in [3.63, 3.8) is 0 Å². The summed E-state index contributed by atoms with van der Waals surface area (Å²) in [4.78, 5) is 38.8. The molecule has 2 aliphatic rings. The Morgan fingerprint density at radius 3 is 2.63 bits per heavy atom. The van der Waals surface area contributed by atoms with E-state index < -0.39 is 17.7 Å². The number of carbonyl (C=O) groups excluding carboxylic acids is 2. The smallest absolute Gasteiger partial charge is 0.407 e. The molecule has 5 rings (SSSR count). The lowest BCUT2D eigenvalue weighted by molar-refractivity contribution is -0.144. The monoisotopic (exact) mass is 476 g/mol. The Labute approximate surface area is 202 Å². The van der Waals surface area contributed by atoms with Crippen LogP contribution in [0, 0.1) is 0 Å². The number of nitrogens with zero attached hydrogens (tertiary/aromatic N) is 1. The molecule has 1 N–H and O–H groups in total. The van der Waals surface area contributed by atoms with Crippen LogP contribution in [-0.4, -0.2) is 31.7 Å². The van der Waals surface area contributed by atoms with Crippen LogP contribution in [0.3, 0.4) is 0 Å². The zero-order valence-electron chi connectivity index (χ0n) is 19.5. The topological polar surface area (TPSA) is 98.1 Å². The van der Waals surface area contributed by atoms with Crippen LogP contribution in [0.2, 0.25) is 0 Å². The third-order valence-corrected chi connectivity index (χ3v) is 6.51. The molecule has 0 atom stereocenters. The predicted octanol–water partition coefficient (Wildman–Crippen LogP) is 3.85. The summed E-state index contributed by atoms with van der Waals surface area (Å²) in [6.07, 6.45) is 3.37. The van der Waals surface area contributed by atoms with E-state index in [1.165, 1.54) is 17.3 Å². The number of hydrogen-bond donors (Lipinski definition) is 1. The second-order valence-corrected chi connectivity index (χ2v) is 8.92. The van der Waals surface area contributed by atoms with Crippen molar-refractivity contribution in [1.29, 1.82) is 0 Å². The molecule has 0 aliphatic carbocycles. The van der Waals surface area contributed by atoms with Crippen molar-refractivity contribution in [2.24, 2.45) is 0 Å². The summed E-state index contributed by atoms with van der Waals surface area (Å²) in [5.74, 6) is -0.472. The Kier molecular flexibility index (Phi) is 6.70. The number of carbonyl (C=O) groups is 2. The van der Waals surface area contributed by atoms with E-state index in [2.05, 4.69) is 16.3 Å². The molecule has 0 radical (unpaired) electrons. The summed E-state index contributed by atoms with van der Waals surface area (Å²) in [5.41, 5.74) is 5.25. The molecule has 0 saturated heterocycles. The third kappa shape index (κ3) is 5.16. The quantitative estimate of drug-likeness (QED) is 0.409. The van der Waals surface area contributed by atoms with Gasteiger partial charge in [-0.15, -0.1) is 0 Å². The van der Waals surface area contributed by atoms with Gasteiger partial charge in [-0.25, -0.2) is 9.59 Å². The lowest BCUT2D eigenvalue weighted by Gasteiger charge is -2.37. The number of fused-ring (bicyclic) bond motifs is 2. The molecule has 3 aromatic rings. The fourth-order valence-electron chi connectivity index (χ4n) is 4.93. The van der Waals surface area contributed by atoms with Crippen molar-refractivity contribution in [3.8, 4) is 0 Å². The van der Waals surface area contributed by atoms with Crippen LogP contribution in [0.1, 0.15) is 41.5 Å². The highest BCUT2D eigenvalue weighted by atomic mass is 16.5. The number of nitrogens with one attached hydrogen (secondary N) is 1. The van der Waals surface area contributed by atoms with Gasteiger partial charge in [-0.3, -0.25) is 4.79 Å². The summed E-state index contributed by atoms with van der Waals surface area (Å²) in [6.45, 7) is 2.28. The fraction of sp³-hybridized carbons (Fsp3) is 0.370.